The van der Waals surface area contributed by atoms with Crippen LogP contribution in [0.1, 0.15) is 48.4 Å². The van der Waals surface area contributed by atoms with Gasteiger partial charge in [-0.05, 0) is 66.0 Å². The van der Waals surface area contributed by atoms with Gasteiger partial charge in [0.2, 0.25) is 5.96 Å². The quantitative estimate of drug-likeness (QED) is 0.257. The standard InChI is InChI=1S/C21H21IN8O2/c1-31-14-7-10(6-13(22)18(14)32-11-4-2-3-5-11)17-15-16(25)12(8-23)19(26)29-20(15)30-21(28-17)27-9-24/h6-7,11,17H,2-5H2,1H3,(H6,25,26,27,28,29,30). The second kappa shape index (κ2) is 8.96. The number of halogens is 1. The van der Waals surface area contributed by atoms with E-state index in [1.54, 1.807) is 7.11 Å². The summed E-state index contributed by atoms with van der Waals surface area (Å²) in [6, 6.07) is 5.12. The fourth-order valence-electron chi connectivity index (χ4n) is 4.01. The number of anilines is 3. The van der Waals surface area contributed by atoms with Crippen LogP contribution >= 0.6 is 22.6 Å². The molecular weight excluding hydrogens is 523 g/mol. The van der Waals surface area contributed by atoms with Crippen LogP contribution in [-0.2, 0) is 0 Å². The summed E-state index contributed by atoms with van der Waals surface area (Å²) in [6.45, 7) is 0. The molecule has 164 valence electrons. The van der Waals surface area contributed by atoms with Gasteiger partial charge >= 0.3 is 0 Å². The molecule has 11 heteroatoms. The zero-order valence-electron chi connectivity index (χ0n) is 17.3. The van der Waals surface area contributed by atoms with E-state index in [1.165, 1.54) is 0 Å². The van der Waals surface area contributed by atoms with Crippen LogP contribution in [0.4, 0.5) is 17.3 Å². The van der Waals surface area contributed by atoms with Crippen LogP contribution in [0, 0.1) is 26.4 Å². The van der Waals surface area contributed by atoms with Crippen LogP contribution in [0.3, 0.4) is 0 Å². The number of ether oxygens (including phenoxy) is 2. The van der Waals surface area contributed by atoms with Crippen LogP contribution in [0.15, 0.2) is 17.1 Å². The van der Waals surface area contributed by atoms with Crippen LogP contribution in [0.5, 0.6) is 11.5 Å². The van der Waals surface area contributed by atoms with Gasteiger partial charge in [0, 0.05) is 5.56 Å². The molecule has 1 aromatic heterocycles. The van der Waals surface area contributed by atoms with Crippen molar-refractivity contribution >= 4 is 45.9 Å². The van der Waals surface area contributed by atoms with E-state index in [-0.39, 0.29) is 29.1 Å². The van der Waals surface area contributed by atoms with Gasteiger partial charge < -0.3 is 26.3 Å². The lowest BCUT2D eigenvalue weighted by Gasteiger charge is -2.27. The smallest absolute Gasteiger partial charge is 0.211 e. The number of hydrogen-bond acceptors (Lipinski definition) is 10. The fraction of sp³-hybridized carbons (Fsp3) is 0.333. The summed E-state index contributed by atoms with van der Waals surface area (Å²) < 4.78 is 12.7. The molecule has 4 rings (SSSR count). The number of aromatic nitrogens is 1. The fourth-order valence-corrected chi connectivity index (χ4v) is 4.76. The number of aliphatic imine (C=N–C) groups is 1. The maximum atomic E-state index is 9.49. The second-order valence-corrected chi connectivity index (χ2v) is 8.62. The summed E-state index contributed by atoms with van der Waals surface area (Å²) in [6.07, 6.45) is 6.39. The molecule has 1 aliphatic heterocycles. The van der Waals surface area contributed by atoms with Crippen molar-refractivity contribution in [1.82, 2.24) is 10.3 Å². The zero-order chi connectivity index (χ0) is 22.8. The SMILES string of the molecule is COc1cc(C2N=C(NC#N)Nc3nc(N)c(C#N)c(N)c32)cc(I)c1OC1CCCC1. The number of methoxy groups -OCH3 is 1. The first kappa shape index (κ1) is 21.8. The number of nitrogens with one attached hydrogen (secondary N) is 2. The van der Waals surface area contributed by atoms with E-state index >= 15 is 0 Å². The Morgan fingerprint density at radius 1 is 1.25 bits per heavy atom. The predicted octanol–water partition coefficient (Wildman–Crippen LogP) is 2.99. The Bertz CT molecular complexity index is 1180. The number of rotatable bonds is 4. The van der Waals surface area contributed by atoms with Gasteiger partial charge in [-0.15, -0.1) is 0 Å². The summed E-state index contributed by atoms with van der Waals surface area (Å²) in [4.78, 5) is 8.88. The highest BCUT2D eigenvalue weighted by molar-refractivity contribution is 14.1. The first-order valence-corrected chi connectivity index (χ1v) is 11.1. The third-order valence-electron chi connectivity index (χ3n) is 5.51. The van der Waals surface area contributed by atoms with Gasteiger partial charge in [0.15, 0.2) is 17.7 Å². The molecule has 0 saturated heterocycles. The number of fused-ring (bicyclic) bond motifs is 1. The third kappa shape index (κ3) is 3.91. The maximum Gasteiger partial charge on any atom is 0.211 e. The van der Waals surface area contributed by atoms with Crippen molar-refractivity contribution < 1.29 is 9.47 Å². The first-order valence-electron chi connectivity index (χ1n) is 9.99. The average molecular weight is 544 g/mol. The van der Waals surface area contributed by atoms with Crippen LogP contribution in [0.25, 0.3) is 0 Å². The summed E-state index contributed by atoms with van der Waals surface area (Å²) in [5.41, 5.74) is 13.7. The molecule has 0 spiro atoms. The molecule has 0 amide bonds. The van der Waals surface area contributed by atoms with Crippen molar-refractivity contribution in [2.75, 3.05) is 23.9 Å². The van der Waals surface area contributed by atoms with Gasteiger partial charge in [0.1, 0.15) is 29.3 Å². The second-order valence-electron chi connectivity index (χ2n) is 7.46. The van der Waals surface area contributed by atoms with Crippen LogP contribution in [-0.4, -0.2) is 24.2 Å². The van der Waals surface area contributed by atoms with E-state index in [1.807, 2.05) is 24.4 Å². The number of guanidine groups is 1. The highest BCUT2D eigenvalue weighted by atomic mass is 127. The minimum absolute atomic E-state index is 0.000630. The molecule has 10 nitrogen and oxygen atoms in total. The Balaban J connectivity index is 1.84. The number of nitrogen functional groups attached to an aromatic ring is 2. The molecule has 1 aromatic carbocycles. The minimum Gasteiger partial charge on any atom is -0.493 e. The molecule has 2 aromatic rings. The maximum absolute atomic E-state index is 9.49. The molecule has 32 heavy (non-hydrogen) atoms. The van der Waals surface area contributed by atoms with Crippen molar-refractivity contribution in [1.29, 1.82) is 10.5 Å². The number of nitrogens with two attached hydrogens (primary N) is 2. The van der Waals surface area contributed by atoms with Gasteiger partial charge in [0.05, 0.1) is 22.5 Å². The van der Waals surface area contributed by atoms with Crippen molar-refractivity contribution in [2.45, 2.75) is 37.8 Å². The molecular formula is C21H21IN8O2. The number of pyridine rings is 1. The Labute approximate surface area is 198 Å². The lowest BCUT2D eigenvalue weighted by atomic mass is 9.95. The van der Waals surface area contributed by atoms with Crippen molar-refractivity contribution in [2.24, 2.45) is 4.99 Å². The van der Waals surface area contributed by atoms with E-state index < -0.39 is 6.04 Å². The lowest BCUT2D eigenvalue weighted by molar-refractivity contribution is 0.199. The molecule has 1 saturated carbocycles. The highest BCUT2D eigenvalue weighted by Gasteiger charge is 2.31. The summed E-state index contributed by atoms with van der Waals surface area (Å²) in [5.74, 6) is 1.80. The number of hydrogen-bond donors (Lipinski definition) is 4. The van der Waals surface area contributed by atoms with Crippen LogP contribution < -0.4 is 31.6 Å². The van der Waals surface area contributed by atoms with Gasteiger partial charge in [-0.1, -0.05) is 0 Å². The number of nitrogens with zero attached hydrogens (tertiary/aromatic N) is 4. The number of nitriles is 2. The first-order chi connectivity index (χ1) is 15.5. The Hall–Kier alpha value is -3.45. The molecule has 1 fully saturated rings. The third-order valence-corrected chi connectivity index (χ3v) is 6.31. The van der Waals surface area contributed by atoms with E-state index in [0.29, 0.717) is 22.9 Å². The average Bonchev–Trinajstić information content (AvgIpc) is 3.28. The summed E-state index contributed by atoms with van der Waals surface area (Å²) in [5, 5.41) is 24.0. The molecule has 1 unspecified atom stereocenters. The van der Waals surface area contributed by atoms with Gasteiger partial charge in [-0.2, -0.15) is 10.5 Å². The summed E-state index contributed by atoms with van der Waals surface area (Å²) in [7, 11) is 1.59. The van der Waals surface area contributed by atoms with Crippen LogP contribution in [0.2, 0.25) is 0 Å². The topological polar surface area (TPSA) is 167 Å². The monoisotopic (exact) mass is 544 g/mol. The minimum atomic E-state index is -0.648. The molecule has 2 aliphatic rings. The van der Waals surface area contributed by atoms with E-state index in [2.05, 4.69) is 43.2 Å². The van der Waals surface area contributed by atoms with Gasteiger partial charge in [-0.25, -0.2) is 9.98 Å². The summed E-state index contributed by atoms with van der Waals surface area (Å²) >= 11 is 2.21. The van der Waals surface area contributed by atoms with E-state index in [0.717, 1.165) is 34.8 Å². The molecule has 6 N–H and O–H groups in total. The molecule has 1 atom stereocenters. The Morgan fingerprint density at radius 2 is 2.00 bits per heavy atom. The van der Waals surface area contributed by atoms with Crippen molar-refractivity contribution in [3.63, 3.8) is 0 Å². The van der Waals surface area contributed by atoms with Crippen molar-refractivity contribution in [3.8, 4) is 23.8 Å². The van der Waals surface area contributed by atoms with Gasteiger partial charge in [-0.3, -0.25) is 5.32 Å². The molecule has 1 aliphatic carbocycles. The molecule has 2 heterocycles. The predicted molar refractivity (Wildman–Crippen MR) is 128 cm³/mol. The largest absolute Gasteiger partial charge is 0.493 e. The normalized spacial score (nSPS) is 17.4. The zero-order valence-corrected chi connectivity index (χ0v) is 19.4. The van der Waals surface area contributed by atoms with E-state index in [4.69, 9.17) is 26.2 Å². The molecule has 0 bridgehead atoms. The van der Waals surface area contributed by atoms with Crippen molar-refractivity contribution in [3.05, 3.63) is 32.4 Å². The highest BCUT2D eigenvalue weighted by Crippen LogP contribution is 2.44. The lowest BCUT2D eigenvalue weighted by Crippen LogP contribution is -2.32. The number of benzene rings is 1. The van der Waals surface area contributed by atoms with Gasteiger partial charge in [0.25, 0.3) is 0 Å². The Kier molecular flexibility index (Phi) is 6.10. The molecule has 0 radical (unpaired) electrons. The van der Waals surface area contributed by atoms with E-state index in [9.17, 15) is 5.26 Å². The Morgan fingerprint density at radius 3 is 2.66 bits per heavy atom.